The van der Waals surface area contributed by atoms with E-state index in [0.717, 1.165) is 12.1 Å². The second-order valence-corrected chi connectivity index (χ2v) is 8.05. The third-order valence-corrected chi connectivity index (χ3v) is 6.20. The van der Waals surface area contributed by atoms with E-state index in [1.807, 2.05) is 0 Å². The van der Waals surface area contributed by atoms with Crippen molar-refractivity contribution >= 4 is 27.0 Å². The van der Waals surface area contributed by atoms with Crippen LogP contribution in [0.25, 0.3) is 0 Å². The summed E-state index contributed by atoms with van der Waals surface area (Å²) in [6.45, 7) is -0.449. The Morgan fingerprint density at radius 2 is 1.96 bits per heavy atom. The molecule has 0 radical (unpaired) electrons. The van der Waals surface area contributed by atoms with Crippen LogP contribution in [0.5, 0.6) is 0 Å². The number of nitrogens with one attached hydrogen (secondary N) is 1. The molecule has 2 aromatic heterocycles. The van der Waals surface area contributed by atoms with Crippen molar-refractivity contribution in [2.75, 3.05) is 6.54 Å². The van der Waals surface area contributed by atoms with Crippen LogP contribution in [0.4, 0.5) is 5.69 Å². The fourth-order valence-corrected chi connectivity index (χ4v) is 4.49. The molecule has 3 aromatic rings. The molecule has 10 heteroatoms. The van der Waals surface area contributed by atoms with Crippen LogP contribution in [0.3, 0.4) is 0 Å². The normalized spacial score (nSPS) is 14.0. The van der Waals surface area contributed by atoms with Gasteiger partial charge in [-0.3, -0.25) is 10.1 Å². The molecule has 0 bridgehead atoms. The summed E-state index contributed by atoms with van der Waals surface area (Å²) in [4.78, 5) is 10.3. The molecule has 1 unspecified atom stereocenters. The summed E-state index contributed by atoms with van der Waals surface area (Å²) < 4.78 is 32.7. The smallest absolute Gasteiger partial charge is 0.289 e. The van der Waals surface area contributed by atoms with Gasteiger partial charge in [-0.1, -0.05) is 18.2 Å². The molecule has 0 aliphatic heterocycles. The number of nitro benzene ring substituents is 1. The Morgan fingerprint density at radius 3 is 2.58 bits per heavy atom. The lowest BCUT2D eigenvalue weighted by atomic mass is 9.99. The summed E-state index contributed by atoms with van der Waals surface area (Å²) >= 11 is 1.23. The zero-order valence-electron chi connectivity index (χ0n) is 13.2. The number of nitro groups is 1. The van der Waals surface area contributed by atoms with Gasteiger partial charge in [0.15, 0.2) is 10.5 Å². The molecule has 26 heavy (non-hydrogen) atoms. The zero-order valence-corrected chi connectivity index (χ0v) is 14.9. The summed E-state index contributed by atoms with van der Waals surface area (Å²) in [7, 11) is -4.24. The molecule has 0 aliphatic carbocycles. The van der Waals surface area contributed by atoms with Crippen molar-refractivity contribution in [1.29, 1.82) is 0 Å². The quantitative estimate of drug-likeness (QED) is 0.469. The first-order valence-electron chi connectivity index (χ1n) is 7.38. The van der Waals surface area contributed by atoms with Crippen molar-refractivity contribution < 1.29 is 22.9 Å². The largest absolute Gasteiger partial charge is 0.466 e. The van der Waals surface area contributed by atoms with Gasteiger partial charge in [0, 0.05) is 10.9 Å². The first-order valence-corrected chi connectivity index (χ1v) is 9.74. The van der Waals surface area contributed by atoms with E-state index in [0.29, 0.717) is 4.88 Å². The highest BCUT2D eigenvalue weighted by molar-refractivity contribution is 7.89. The van der Waals surface area contributed by atoms with Gasteiger partial charge in [-0.15, -0.1) is 11.3 Å². The topological polar surface area (TPSA) is 123 Å². The first-order chi connectivity index (χ1) is 12.3. The molecule has 2 N–H and O–H groups in total. The molecule has 0 saturated carbocycles. The highest BCUT2D eigenvalue weighted by atomic mass is 32.2. The molecule has 1 atom stereocenters. The van der Waals surface area contributed by atoms with E-state index in [9.17, 15) is 23.6 Å². The van der Waals surface area contributed by atoms with Crippen LogP contribution in [0.1, 0.15) is 10.6 Å². The van der Waals surface area contributed by atoms with Crippen LogP contribution >= 0.6 is 11.3 Å². The molecule has 0 spiro atoms. The molecule has 1 aromatic carbocycles. The van der Waals surface area contributed by atoms with Crippen molar-refractivity contribution in [3.8, 4) is 0 Å². The lowest BCUT2D eigenvalue weighted by Crippen LogP contribution is -2.41. The SMILES string of the molecule is O=[N+]([O-])c1ccccc1S(=O)(=O)NCC(O)(c1ccco1)c1cccs1. The lowest BCUT2D eigenvalue weighted by molar-refractivity contribution is -0.387. The van der Waals surface area contributed by atoms with E-state index in [1.165, 1.54) is 35.8 Å². The Hall–Kier alpha value is -2.53. The second-order valence-electron chi connectivity index (χ2n) is 5.36. The van der Waals surface area contributed by atoms with Gasteiger partial charge in [-0.05, 0) is 29.6 Å². The van der Waals surface area contributed by atoms with Crippen molar-refractivity contribution in [2.45, 2.75) is 10.5 Å². The van der Waals surface area contributed by atoms with Crippen LogP contribution in [-0.4, -0.2) is 25.0 Å². The van der Waals surface area contributed by atoms with E-state index in [-0.39, 0.29) is 5.76 Å². The summed E-state index contributed by atoms with van der Waals surface area (Å²) in [5, 5.41) is 23.9. The number of aliphatic hydroxyl groups is 1. The molecular formula is C16H14N2O6S2. The van der Waals surface area contributed by atoms with Crippen molar-refractivity contribution in [3.63, 3.8) is 0 Å². The van der Waals surface area contributed by atoms with E-state index in [4.69, 9.17) is 4.42 Å². The Kier molecular flexibility index (Phi) is 4.92. The summed E-state index contributed by atoms with van der Waals surface area (Å²) in [6, 6.07) is 11.5. The fraction of sp³-hybridized carbons (Fsp3) is 0.125. The van der Waals surface area contributed by atoms with Gasteiger partial charge < -0.3 is 9.52 Å². The van der Waals surface area contributed by atoms with Gasteiger partial charge >= 0.3 is 0 Å². The van der Waals surface area contributed by atoms with Gasteiger partial charge in [-0.25, -0.2) is 13.1 Å². The van der Waals surface area contributed by atoms with Crippen LogP contribution in [0.2, 0.25) is 0 Å². The summed E-state index contributed by atoms with van der Waals surface area (Å²) in [5.74, 6) is 0.158. The Balaban J connectivity index is 1.94. The Labute approximate surface area is 152 Å². The number of benzene rings is 1. The van der Waals surface area contributed by atoms with Gasteiger partial charge in [0.2, 0.25) is 10.0 Å². The summed E-state index contributed by atoms with van der Waals surface area (Å²) in [6.07, 6.45) is 1.37. The number of thiophene rings is 1. The minimum absolute atomic E-state index is 0.158. The number of sulfonamides is 1. The van der Waals surface area contributed by atoms with Crippen molar-refractivity contribution in [1.82, 2.24) is 4.72 Å². The lowest BCUT2D eigenvalue weighted by Gasteiger charge is -2.25. The molecule has 2 heterocycles. The van der Waals surface area contributed by atoms with E-state index >= 15 is 0 Å². The molecular weight excluding hydrogens is 380 g/mol. The number of hydrogen-bond acceptors (Lipinski definition) is 7. The molecule has 136 valence electrons. The number of furan rings is 1. The van der Waals surface area contributed by atoms with Crippen molar-refractivity contribution in [3.05, 3.63) is 80.9 Å². The molecule has 0 saturated heterocycles. The average molecular weight is 394 g/mol. The number of hydrogen-bond donors (Lipinski definition) is 2. The maximum absolute atomic E-state index is 12.6. The third kappa shape index (κ3) is 3.40. The molecule has 8 nitrogen and oxygen atoms in total. The predicted octanol–water partition coefficient (Wildman–Crippen LogP) is 2.46. The first kappa shape index (κ1) is 18.3. The Bertz CT molecular complexity index is 963. The predicted molar refractivity (Wildman–Crippen MR) is 94.3 cm³/mol. The van der Waals surface area contributed by atoms with Crippen LogP contribution in [-0.2, 0) is 15.6 Å². The highest BCUT2D eigenvalue weighted by Crippen LogP contribution is 2.33. The standard InChI is InChI=1S/C16H14N2O6S2/c19-16(14-7-3-9-24-14,15-8-4-10-25-15)11-17-26(22,23)13-6-2-1-5-12(13)18(20)21/h1-10,17,19H,11H2. The van der Waals surface area contributed by atoms with Crippen molar-refractivity contribution in [2.24, 2.45) is 0 Å². The molecule has 0 aliphatic rings. The van der Waals surface area contributed by atoms with Gasteiger partial charge in [0.25, 0.3) is 5.69 Å². The van der Waals surface area contributed by atoms with Gasteiger partial charge in [0.1, 0.15) is 5.76 Å². The molecule has 0 amide bonds. The average Bonchev–Trinajstić information content (AvgIpc) is 3.33. The van der Waals surface area contributed by atoms with Crippen LogP contribution in [0.15, 0.2) is 69.5 Å². The fourth-order valence-electron chi connectivity index (χ4n) is 2.44. The Morgan fingerprint density at radius 1 is 1.19 bits per heavy atom. The minimum Gasteiger partial charge on any atom is -0.466 e. The zero-order chi connectivity index (χ0) is 18.8. The highest BCUT2D eigenvalue weighted by Gasteiger charge is 2.38. The monoisotopic (exact) mass is 394 g/mol. The summed E-state index contributed by atoms with van der Waals surface area (Å²) in [5.41, 5.74) is -2.29. The maximum Gasteiger partial charge on any atom is 0.289 e. The number of rotatable bonds is 7. The molecule has 3 rings (SSSR count). The minimum atomic E-state index is -4.24. The van der Waals surface area contributed by atoms with E-state index < -0.39 is 37.7 Å². The van der Waals surface area contributed by atoms with E-state index in [2.05, 4.69) is 4.72 Å². The van der Waals surface area contributed by atoms with E-state index in [1.54, 1.807) is 23.6 Å². The van der Waals surface area contributed by atoms with Gasteiger partial charge in [-0.2, -0.15) is 0 Å². The number of nitrogens with zero attached hydrogens (tertiary/aromatic N) is 1. The van der Waals surface area contributed by atoms with Crippen LogP contribution in [0, 0.1) is 10.1 Å². The van der Waals surface area contributed by atoms with Crippen LogP contribution < -0.4 is 4.72 Å². The number of para-hydroxylation sites is 1. The maximum atomic E-state index is 12.6. The van der Waals surface area contributed by atoms with Gasteiger partial charge in [0.05, 0.1) is 17.7 Å². The molecule has 0 fully saturated rings. The second kappa shape index (κ2) is 7.00. The third-order valence-electron chi connectivity index (χ3n) is 3.73.